The van der Waals surface area contributed by atoms with Gasteiger partial charge in [-0.25, -0.2) is 0 Å². The normalized spacial score (nSPS) is 8.40. The van der Waals surface area contributed by atoms with Crippen LogP contribution in [0.5, 0.6) is 0 Å². The van der Waals surface area contributed by atoms with Crippen molar-refractivity contribution in [2.24, 2.45) is 0 Å². The summed E-state index contributed by atoms with van der Waals surface area (Å²) in [5, 5.41) is 2.52. The SMILES string of the molecule is [CH]NCCC. The Morgan fingerprint density at radius 1 is 1.80 bits per heavy atom. The maximum atomic E-state index is 4.89. The van der Waals surface area contributed by atoms with Gasteiger partial charge < -0.3 is 5.32 Å². The van der Waals surface area contributed by atoms with Gasteiger partial charge in [0.2, 0.25) is 0 Å². The summed E-state index contributed by atoms with van der Waals surface area (Å²) in [6.07, 6.45) is 1.11. The minimum absolute atomic E-state index is 0.917. The van der Waals surface area contributed by atoms with Crippen LogP contribution in [-0.4, -0.2) is 6.54 Å². The molecule has 1 heteroatoms. The Labute approximate surface area is 33.4 Å². The third-order valence-corrected chi connectivity index (χ3v) is 0.394. The van der Waals surface area contributed by atoms with Gasteiger partial charge in [0.05, 0.1) is 0 Å². The number of hydrogen-bond donors (Lipinski definition) is 1. The molecule has 0 aliphatic rings. The molecule has 0 fully saturated rings. The average Bonchev–Trinajstić information content (AvgIpc) is 1.41. The third-order valence-electron chi connectivity index (χ3n) is 0.394. The first-order valence-electron chi connectivity index (χ1n) is 1.85. The molecule has 0 rings (SSSR count). The van der Waals surface area contributed by atoms with Crippen molar-refractivity contribution >= 4 is 0 Å². The van der Waals surface area contributed by atoms with Crippen LogP contribution < -0.4 is 5.32 Å². The average molecular weight is 71.1 g/mol. The predicted octanol–water partition coefficient (Wildman–Crippen LogP) is 0.655. The molecule has 0 atom stereocenters. The Kier molecular flexibility index (Phi) is 3.93. The van der Waals surface area contributed by atoms with Crippen LogP contribution in [0.4, 0.5) is 0 Å². The molecule has 0 aromatic rings. The van der Waals surface area contributed by atoms with Gasteiger partial charge in [0.1, 0.15) is 0 Å². The Morgan fingerprint density at radius 3 is 2.40 bits per heavy atom. The number of rotatable bonds is 2. The minimum Gasteiger partial charge on any atom is -0.311 e. The second kappa shape index (κ2) is 3.96. The largest absolute Gasteiger partial charge is 0.311 e. The van der Waals surface area contributed by atoms with E-state index in [-0.39, 0.29) is 0 Å². The molecule has 2 radical (unpaired) electrons. The van der Waals surface area contributed by atoms with Gasteiger partial charge in [-0.3, -0.25) is 0 Å². The van der Waals surface area contributed by atoms with E-state index in [1.54, 1.807) is 0 Å². The van der Waals surface area contributed by atoms with E-state index in [4.69, 9.17) is 7.05 Å². The molecule has 0 amide bonds. The smallest absolute Gasteiger partial charge is 0.0407 e. The van der Waals surface area contributed by atoms with Gasteiger partial charge in [0, 0.05) is 7.05 Å². The molecule has 0 saturated carbocycles. The molecule has 0 saturated heterocycles. The molecule has 1 nitrogen and oxygen atoms in total. The first-order valence-corrected chi connectivity index (χ1v) is 1.85. The van der Waals surface area contributed by atoms with Crippen molar-refractivity contribution in [3.63, 3.8) is 0 Å². The summed E-state index contributed by atoms with van der Waals surface area (Å²) >= 11 is 0. The van der Waals surface area contributed by atoms with Crippen LogP contribution in [0, 0.1) is 7.05 Å². The zero-order valence-electron chi connectivity index (χ0n) is 3.49. The Hall–Kier alpha value is -0.0400. The van der Waals surface area contributed by atoms with Crippen LogP contribution in [-0.2, 0) is 0 Å². The van der Waals surface area contributed by atoms with Gasteiger partial charge in [0.15, 0.2) is 0 Å². The first kappa shape index (κ1) is 4.96. The summed E-state index contributed by atoms with van der Waals surface area (Å²) in [4.78, 5) is 0. The fourth-order valence-electron chi connectivity index (χ4n) is 0.144. The van der Waals surface area contributed by atoms with E-state index in [1.165, 1.54) is 0 Å². The van der Waals surface area contributed by atoms with E-state index in [2.05, 4.69) is 12.2 Å². The monoisotopic (exact) mass is 71.1 g/mol. The van der Waals surface area contributed by atoms with Crippen molar-refractivity contribution in [2.45, 2.75) is 13.3 Å². The fraction of sp³-hybridized carbons (Fsp3) is 0.750. The zero-order valence-corrected chi connectivity index (χ0v) is 3.49. The summed E-state index contributed by atoms with van der Waals surface area (Å²) in [5.74, 6) is 0. The van der Waals surface area contributed by atoms with E-state index in [0.29, 0.717) is 0 Å². The Morgan fingerprint density at radius 2 is 2.40 bits per heavy atom. The molecule has 5 heavy (non-hydrogen) atoms. The second-order valence-electron chi connectivity index (χ2n) is 0.954. The van der Waals surface area contributed by atoms with Crippen LogP contribution in [0.2, 0.25) is 0 Å². The van der Waals surface area contributed by atoms with Gasteiger partial charge in [-0.05, 0) is 13.0 Å². The number of hydrogen-bond acceptors (Lipinski definition) is 1. The highest BCUT2D eigenvalue weighted by Gasteiger charge is 1.65. The molecule has 1 N–H and O–H groups in total. The van der Waals surface area contributed by atoms with Crippen molar-refractivity contribution < 1.29 is 0 Å². The van der Waals surface area contributed by atoms with Crippen molar-refractivity contribution in [2.75, 3.05) is 6.54 Å². The van der Waals surface area contributed by atoms with E-state index in [9.17, 15) is 0 Å². The lowest BCUT2D eigenvalue weighted by Crippen LogP contribution is -2.01. The Bertz CT molecular complexity index is 11.1. The summed E-state index contributed by atoms with van der Waals surface area (Å²) in [6, 6.07) is 0. The molecular formula is C4H9N. The molecule has 30 valence electrons. The van der Waals surface area contributed by atoms with Crippen LogP contribution >= 0.6 is 0 Å². The lowest BCUT2D eigenvalue weighted by atomic mass is 10.5. The molecule has 0 aromatic carbocycles. The predicted molar refractivity (Wildman–Crippen MR) is 22.6 cm³/mol. The van der Waals surface area contributed by atoms with Crippen molar-refractivity contribution in [3.8, 4) is 0 Å². The molecule has 0 heterocycles. The molecular weight excluding hydrogens is 62.1 g/mol. The van der Waals surface area contributed by atoms with Crippen molar-refractivity contribution in [1.29, 1.82) is 0 Å². The minimum atomic E-state index is 0.917. The lowest BCUT2D eigenvalue weighted by Gasteiger charge is -1.83. The summed E-state index contributed by atoms with van der Waals surface area (Å²) in [7, 11) is 4.89. The van der Waals surface area contributed by atoms with Crippen LogP contribution in [0.25, 0.3) is 0 Å². The molecule has 0 spiro atoms. The van der Waals surface area contributed by atoms with Gasteiger partial charge in [-0.2, -0.15) is 0 Å². The lowest BCUT2D eigenvalue weighted by molar-refractivity contribution is 0.806. The maximum Gasteiger partial charge on any atom is 0.0407 e. The molecule has 0 aliphatic heterocycles. The highest BCUT2D eigenvalue weighted by molar-refractivity contribution is 4.34. The summed E-state index contributed by atoms with van der Waals surface area (Å²) < 4.78 is 0. The molecule has 0 bridgehead atoms. The van der Waals surface area contributed by atoms with E-state index < -0.39 is 0 Å². The van der Waals surface area contributed by atoms with Gasteiger partial charge in [-0.15, -0.1) is 0 Å². The molecule has 0 aromatic heterocycles. The van der Waals surface area contributed by atoms with E-state index >= 15 is 0 Å². The van der Waals surface area contributed by atoms with E-state index in [0.717, 1.165) is 13.0 Å². The molecule has 0 aliphatic carbocycles. The Balaban J connectivity index is 2.19. The second-order valence-corrected chi connectivity index (χ2v) is 0.954. The summed E-state index contributed by atoms with van der Waals surface area (Å²) in [6.45, 7) is 2.99. The third kappa shape index (κ3) is 3.96. The maximum absolute atomic E-state index is 4.89. The van der Waals surface area contributed by atoms with Gasteiger partial charge in [0.25, 0.3) is 0 Å². The van der Waals surface area contributed by atoms with Gasteiger partial charge in [-0.1, -0.05) is 6.92 Å². The first-order chi connectivity index (χ1) is 2.41. The topological polar surface area (TPSA) is 12.0 Å². The van der Waals surface area contributed by atoms with Crippen LogP contribution in [0.1, 0.15) is 13.3 Å². The van der Waals surface area contributed by atoms with Crippen molar-refractivity contribution in [3.05, 3.63) is 7.05 Å². The highest BCUT2D eigenvalue weighted by Crippen LogP contribution is 1.63. The molecule has 0 unspecified atom stereocenters. The zero-order chi connectivity index (χ0) is 4.12. The van der Waals surface area contributed by atoms with E-state index in [1.807, 2.05) is 0 Å². The quantitative estimate of drug-likeness (QED) is 0.471. The number of nitrogens with one attached hydrogen (secondary N) is 1. The highest BCUT2D eigenvalue weighted by atomic mass is 14.8. The van der Waals surface area contributed by atoms with Crippen molar-refractivity contribution in [1.82, 2.24) is 5.32 Å². The van der Waals surface area contributed by atoms with Gasteiger partial charge >= 0.3 is 0 Å². The fourth-order valence-corrected chi connectivity index (χ4v) is 0.144. The summed E-state index contributed by atoms with van der Waals surface area (Å²) in [5.41, 5.74) is 0. The van der Waals surface area contributed by atoms with Crippen LogP contribution in [0.15, 0.2) is 0 Å². The standard InChI is InChI=1S/C4H9N/c1-3-4-5-2/h2,5H,3-4H2,1H3. The van der Waals surface area contributed by atoms with Crippen LogP contribution in [0.3, 0.4) is 0 Å².